The number of methoxy groups -OCH3 is 1. The number of aromatic carboxylic acids is 2. The van der Waals surface area contributed by atoms with Crippen LogP contribution in [0.1, 0.15) is 284 Å². The number of amides is 3. The van der Waals surface area contributed by atoms with Crippen molar-refractivity contribution >= 4 is 221 Å². The summed E-state index contributed by atoms with van der Waals surface area (Å²) in [6.45, 7) is 23.0. The number of aliphatic imine (C=N–C) groups is 2. The fourth-order valence-electron chi connectivity index (χ4n) is 15.3. The number of aromatic nitrogens is 5. The monoisotopic (exact) mass is 2190 g/mol. The zero-order chi connectivity index (χ0) is 97.2. The number of fused-ring (bicyclic) bond motifs is 6. The van der Waals surface area contributed by atoms with E-state index in [0.29, 0.717) is 92.2 Å². The van der Waals surface area contributed by atoms with E-state index in [0.717, 1.165) is 108 Å². The number of nitrogens with one attached hydrogen (secondary N) is 4. The number of ether oxygens (including phenoxy) is 4. The van der Waals surface area contributed by atoms with Crippen LogP contribution in [0.25, 0.3) is 0 Å². The van der Waals surface area contributed by atoms with Crippen molar-refractivity contribution in [1.82, 2.24) is 39.2 Å². The van der Waals surface area contributed by atoms with Gasteiger partial charge in [-0.3, -0.25) is 24.4 Å². The Morgan fingerprint density at radius 1 is 0.515 bits per heavy atom. The van der Waals surface area contributed by atoms with Crippen molar-refractivity contribution in [3.05, 3.63) is 254 Å². The van der Waals surface area contributed by atoms with E-state index >= 15 is 0 Å². The third-order valence-corrected chi connectivity index (χ3v) is 26.1. The predicted molar refractivity (Wildman–Crippen MR) is 542 cm³/mol. The topological polar surface area (TPSA) is 387 Å². The molecule has 0 bridgehead atoms. The van der Waals surface area contributed by atoms with E-state index in [1.54, 1.807) is 54.9 Å². The first-order valence-electron chi connectivity index (χ1n) is 42.3. The first-order valence-corrected chi connectivity index (χ1v) is 48.3. The third-order valence-electron chi connectivity index (χ3n) is 21.4. The van der Waals surface area contributed by atoms with Gasteiger partial charge < -0.3 is 79.6 Å². The molecule has 0 saturated heterocycles. The van der Waals surface area contributed by atoms with Crippen LogP contribution in [0.5, 0.6) is 0 Å². The van der Waals surface area contributed by atoms with Gasteiger partial charge in [-0.1, -0.05) is 180 Å². The van der Waals surface area contributed by atoms with Gasteiger partial charge in [-0.05, 0) is 257 Å². The van der Waals surface area contributed by atoms with E-state index in [4.69, 9.17) is 141 Å². The molecule has 4 aromatic carbocycles. The molecule has 4 aliphatic heterocycles. The van der Waals surface area contributed by atoms with Gasteiger partial charge in [-0.2, -0.15) is 0 Å². The standard InChI is InChI=1S/C21H23ClN2O3.C19H21ClN2O3.C17H15ClN2O3.C14H19NO2.C6H6ClNO2.C5H4Cl5N.C5H4ClNO2.C5H9N.C2H4Br2.CH4.B.Li.H2O/c1-21(2,3)27-20(26)14-5-4-13-6-7-17(15(13)12-14)24-11-10-23-9-8-16(22)18(23)19(24)25;1-19(2,3)25-18(24)12-5-4-11-6-7-15(13(11)10-12)22-17(23)16-14(20)8-9-21-16;18-13-5-6-19-7-8-20(16(21)15(13)19)14-4-3-10-1-2-11(17(22)23)9-12(10)14;1-14(2,3)17-13(16)10-5-4-9-6-7-12(15)11(9)8-10;1-10-6(9)5-4(7)2-3-8-5;6-4(7)1-2-11-3(4)5(8,9)10;6-3-1-2-7-4(3)5(8)9;1-5-3-2-4-6-5;3-1-2-4;;;;/h4-5,8-9,12,17H,6-7,10-11H2,1-3H3;4-5,8-10,15,21H,6-7H2,1-3H3,(H,22,23);1-2,5-6,9,14H,3-4,7-8H2,(H,22,23);4-5,8,12H,6-7,15H2,1-3H3;2-3,8H,1H3;1-2H2;1-2,7H,(H,8,9);2-4H2,1H3;1-2H2;1H4;;;1H2/q;;;;;;;;;;;+1;/p-1. The zero-order valence-corrected chi connectivity index (χ0v) is 87.2. The molecule has 9 heterocycles. The third kappa shape index (κ3) is 32.7. The predicted octanol–water partition coefficient (Wildman–Crippen LogP) is 20.1. The van der Waals surface area contributed by atoms with Crippen molar-refractivity contribution in [1.29, 1.82) is 0 Å². The van der Waals surface area contributed by atoms with Crippen LogP contribution in [0, 0.1) is 0 Å². The maximum absolute atomic E-state index is 13.0. The largest absolute Gasteiger partial charge is 1.00 e. The Labute approximate surface area is 873 Å². The Hall–Kier alpha value is -7.71. The molecule has 136 heavy (non-hydrogen) atoms. The SMILES string of the molecule is BrCCBr.C.CC(C)(C)OC(=O)c1ccc2c(c1)C(N)CC2.CC(C)(C)OC(=O)c1ccc2c(c1)C(N1CCn3ccc(Cl)c3C1=O)CC2.CC(C)(C)OC(=O)c1ccc2c(c1)C(NC(=O)c1[nH]ccc1Cl)CC2.CC1=NCCC1.COC(=O)c1[nH]ccc1Cl.ClC(Cl)(Cl)C1=NCCC1(Cl)Cl.O=C(O)c1[nH]ccc1Cl.O=C(O)c1ccc2c(c1)C(N1CCn3ccc(Cl)c3C1=O)CC2.[B].[Li+].[OH-]. The van der Waals surface area contributed by atoms with Crippen LogP contribution in [0.15, 0.2) is 144 Å². The number of rotatable bonds is 11. The molecule has 4 aliphatic carbocycles. The van der Waals surface area contributed by atoms with E-state index in [-0.39, 0.29) is 122 Å². The Kier molecular flexibility index (Phi) is 46.0. The van der Waals surface area contributed by atoms with Crippen molar-refractivity contribution in [3.8, 4) is 0 Å². The van der Waals surface area contributed by atoms with Crippen LogP contribution in [-0.2, 0) is 57.7 Å². The smallest absolute Gasteiger partial charge is 0.870 e. The van der Waals surface area contributed by atoms with Gasteiger partial charge in [0.1, 0.15) is 45.3 Å². The molecule has 729 valence electrons. The Morgan fingerprint density at radius 2 is 0.904 bits per heavy atom. The quantitative estimate of drug-likeness (QED) is 0.0274. The molecule has 0 fully saturated rings. The first-order chi connectivity index (χ1) is 62.0. The summed E-state index contributed by atoms with van der Waals surface area (Å²) in [5, 5.41) is 24.6. The van der Waals surface area contributed by atoms with Crippen LogP contribution >= 0.6 is 148 Å². The van der Waals surface area contributed by atoms with E-state index in [2.05, 4.69) is 73.8 Å². The van der Waals surface area contributed by atoms with Gasteiger partial charge in [0.15, 0.2) is 4.33 Å². The van der Waals surface area contributed by atoms with Gasteiger partial charge in [0.25, 0.3) is 17.7 Å². The number of carboxylic acid groups (broad SMARTS) is 2. The second-order valence-electron chi connectivity index (χ2n) is 34.4. The minimum Gasteiger partial charge on any atom is -0.870 e. The van der Waals surface area contributed by atoms with Crippen LogP contribution in [-0.4, -0.2) is 192 Å². The molecule has 17 rings (SSSR count). The minimum atomic E-state index is -1.58. The zero-order valence-electron chi connectivity index (χ0n) is 76.5. The number of aromatic amines is 3. The maximum Gasteiger partial charge on any atom is 1.00 e. The van der Waals surface area contributed by atoms with Crippen LogP contribution in [0.3, 0.4) is 0 Å². The van der Waals surface area contributed by atoms with Gasteiger partial charge in [0, 0.05) is 108 Å². The van der Waals surface area contributed by atoms with Gasteiger partial charge >= 0.3 is 54.7 Å². The number of nitrogens with zero attached hydrogens (tertiary/aromatic N) is 6. The summed E-state index contributed by atoms with van der Waals surface area (Å²) in [5.41, 5.74) is 18.4. The number of carbonyl (C=O) groups is 9. The van der Waals surface area contributed by atoms with Gasteiger partial charge in [-0.15, -0.1) is 0 Å². The molecule has 0 spiro atoms. The summed E-state index contributed by atoms with van der Waals surface area (Å²) in [6, 6.07) is 30.1. The van der Waals surface area contributed by atoms with Crippen LogP contribution < -0.4 is 29.9 Å². The summed E-state index contributed by atoms with van der Waals surface area (Å²) in [6.07, 6.45) is 18.4. The van der Waals surface area contributed by atoms with E-state index in [1.165, 1.54) is 49.1 Å². The molecule has 3 amide bonds. The Morgan fingerprint density at radius 3 is 1.25 bits per heavy atom. The second-order valence-corrected chi connectivity index (χ2v) is 41.8. The normalized spacial score (nSPS) is 16.9. The molecular formula is C95H110BBr2Cl10LiN11O16. The molecule has 41 heteroatoms. The fraction of sp³-hybridized carbons (Fsp3) is 0.421. The number of H-pyrrole nitrogens is 3. The molecule has 8 aliphatic rings. The molecule has 9 aromatic rings. The molecule has 27 nitrogen and oxygen atoms in total. The molecule has 4 atom stereocenters. The van der Waals surface area contributed by atoms with Crippen molar-refractivity contribution in [3.63, 3.8) is 0 Å². The summed E-state index contributed by atoms with van der Waals surface area (Å²) < 4.78 is 21.8. The molecule has 9 N–H and O–H groups in total. The van der Waals surface area contributed by atoms with Crippen LogP contribution in [0.2, 0.25) is 25.1 Å². The van der Waals surface area contributed by atoms with Crippen LogP contribution in [0.4, 0.5) is 0 Å². The fourth-order valence-corrected chi connectivity index (χ4v) is 18.0. The molecular weight excluding hydrogens is 2080 g/mol. The second kappa shape index (κ2) is 52.7. The first kappa shape index (κ1) is 119. The van der Waals surface area contributed by atoms with E-state index in [1.807, 2.05) is 148 Å². The van der Waals surface area contributed by atoms with Gasteiger partial charge in [0.05, 0.1) is 78.3 Å². The summed E-state index contributed by atoms with van der Waals surface area (Å²) in [5.74, 6) is -3.78. The average Bonchev–Trinajstić information content (AvgIpc) is 1.61. The van der Waals surface area contributed by atoms with Crippen molar-refractivity contribution in [2.45, 2.75) is 209 Å². The number of hydrogen-bond donors (Lipinski definition) is 7. The number of nitrogens with two attached hydrogens (primary N) is 1. The number of hydrogen-bond acceptors (Lipinski definition) is 17. The van der Waals surface area contributed by atoms with E-state index < -0.39 is 42.8 Å². The van der Waals surface area contributed by atoms with E-state index in [9.17, 15) is 48.3 Å². The molecule has 0 saturated carbocycles. The number of aryl methyl sites for hydroxylation is 4. The van der Waals surface area contributed by atoms with Crippen molar-refractivity contribution in [2.75, 3.05) is 43.9 Å². The number of carbonyl (C=O) groups excluding carboxylic acids is 7. The number of esters is 4. The Bertz CT molecular complexity index is 5740. The van der Waals surface area contributed by atoms with Gasteiger partial charge in [0.2, 0.25) is 3.79 Å². The number of benzene rings is 4. The molecule has 4 unspecified atom stereocenters. The summed E-state index contributed by atoms with van der Waals surface area (Å²) in [7, 11) is 1.31. The van der Waals surface area contributed by atoms with Crippen molar-refractivity contribution in [2.24, 2.45) is 15.7 Å². The number of alkyl halides is 7. The Balaban J connectivity index is 0.000000282. The summed E-state index contributed by atoms with van der Waals surface area (Å²) in [4.78, 5) is 127. The average molecular weight is 2190 g/mol. The summed E-state index contributed by atoms with van der Waals surface area (Å²) >= 11 is 64.0. The van der Waals surface area contributed by atoms with Gasteiger partial charge in [-0.25, -0.2) is 28.8 Å². The molecule has 5 aromatic heterocycles. The molecule has 3 radical (unpaired) electrons. The minimum absolute atomic E-state index is 0. The maximum atomic E-state index is 13.0. The van der Waals surface area contributed by atoms with Crippen molar-refractivity contribution < 1.29 is 96.6 Å². The number of halogens is 12. The number of carboxylic acids is 2.